The number of morpholine rings is 1. The topological polar surface area (TPSA) is 50.4 Å². The predicted molar refractivity (Wildman–Crippen MR) is 210 cm³/mol. The monoisotopic (exact) mass is 877 g/mol. The van der Waals surface area contributed by atoms with Crippen molar-refractivity contribution in [2.45, 2.75) is 13.1 Å². The minimum absolute atomic E-state index is 0. The number of halogens is 4. The Morgan fingerprint density at radius 2 is 1.27 bits per heavy atom. The lowest BCUT2D eigenvalue weighted by atomic mass is 9.99. The SMILES string of the molecule is Br.Br.Br.Br.CN1CCN(Cc2ccc(-c3cc(NCCN4CCOCC4)c4ccccc4n3)cc2CN2CCN(C)CC2)CC1. The first-order valence-corrected chi connectivity index (χ1v) is 15.5. The quantitative estimate of drug-likeness (QED) is 0.305. The molecule has 0 radical (unpaired) electrons. The summed E-state index contributed by atoms with van der Waals surface area (Å²) < 4.78 is 5.52. The maximum atomic E-state index is 5.52. The molecule has 1 N–H and O–H groups in total. The molecule has 0 saturated carbocycles. The molecule has 0 bridgehead atoms. The summed E-state index contributed by atoms with van der Waals surface area (Å²) in [6.07, 6.45) is 0. The Labute approximate surface area is 311 Å². The number of piperazine rings is 2. The molecule has 12 heteroatoms. The lowest BCUT2D eigenvalue weighted by Crippen LogP contribution is -2.45. The molecule has 2 aromatic carbocycles. The van der Waals surface area contributed by atoms with Crippen molar-refractivity contribution >= 4 is 84.5 Å². The van der Waals surface area contributed by atoms with Crippen LogP contribution in [0, 0.1) is 0 Å². The van der Waals surface area contributed by atoms with E-state index in [1.54, 1.807) is 0 Å². The van der Waals surface area contributed by atoms with Gasteiger partial charge in [0.25, 0.3) is 0 Å². The van der Waals surface area contributed by atoms with E-state index >= 15 is 0 Å². The lowest BCUT2D eigenvalue weighted by molar-refractivity contribution is 0.0398. The number of pyridine rings is 1. The number of rotatable bonds is 9. The fraction of sp³-hybridized carbons (Fsp3) is 0.545. The molecule has 252 valence electrons. The second-order valence-electron chi connectivity index (χ2n) is 12.1. The standard InChI is InChI=1S/C33H47N7O.4BrH/c1-36-11-15-39(16-12-36)25-28-8-7-27(23-29(28)26-40-17-13-37(2)14-18-40)32-24-33(30-5-3-4-6-31(30)35-32)34-9-10-38-19-21-41-22-20-38;;;;/h3-8,23-24H,9-22,25-26H2,1-2H3,(H,34,35);4*1H. The molecule has 45 heavy (non-hydrogen) atoms. The molecular weight excluding hydrogens is 830 g/mol. The summed E-state index contributed by atoms with van der Waals surface area (Å²) in [6, 6.07) is 17.9. The van der Waals surface area contributed by atoms with Gasteiger partial charge in [-0.1, -0.05) is 30.3 Å². The lowest BCUT2D eigenvalue weighted by Gasteiger charge is -2.34. The van der Waals surface area contributed by atoms with E-state index in [4.69, 9.17) is 9.72 Å². The Bertz CT molecular complexity index is 1300. The molecule has 3 aromatic rings. The Morgan fingerprint density at radius 1 is 0.667 bits per heavy atom. The maximum absolute atomic E-state index is 5.52. The third kappa shape index (κ3) is 11.2. The van der Waals surface area contributed by atoms with Crippen LogP contribution in [-0.2, 0) is 17.8 Å². The number of hydrogen-bond acceptors (Lipinski definition) is 8. The molecule has 6 rings (SSSR count). The third-order valence-corrected chi connectivity index (χ3v) is 9.05. The van der Waals surface area contributed by atoms with E-state index in [0.717, 1.165) is 116 Å². The van der Waals surface area contributed by atoms with Crippen LogP contribution in [-0.4, -0.2) is 135 Å². The van der Waals surface area contributed by atoms with E-state index in [0.29, 0.717) is 0 Å². The van der Waals surface area contributed by atoms with Crippen LogP contribution in [0.5, 0.6) is 0 Å². The number of likely N-dealkylation sites (N-methyl/N-ethyl adjacent to an activating group) is 2. The van der Waals surface area contributed by atoms with Gasteiger partial charge in [-0.2, -0.15) is 0 Å². The van der Waals surface area contributed by atoms with Crippen LogP contribution in [0.2, 0.25) is 0 Å². The van der Waals surface area contributed by atoms with Crippen LogP contribution in [0.25, 0.3) is 22.2 Å². The van der Waals surface area contributed by atoms with E-state index in [-0.39, 0.29) is 67.9 Å². The molecule has 1 aromatic heterocycles. The van der Waals surface area contributed by atoms with Gasteiger partial charge in [-0.15, -0.1) is 67.9 Å². The normalized spacial score (nSPS) is 18.7. The van der Waals surface area contributed by atoms with Gasteiger partial charge in [-0.25, -0.2) is 4.98 Å². The number of anilines is 1. The van der Waals surface area contributed by atoms with Crippen molar-refractivity contribution < 1.29 is 4.74 Å². The summed E-state index contributed by atoms with van der Waals surface area (Å²) in [6.45, 7) is 16.8. The highest BCUT2D eigenvalue weighted by atomic mass is 79.9. The summed E-state index contributed by atoms with van der Waals surface area (Å²) in [5, 5.41) is 4.94. The number of hydrogen-bond donors (Lipinski definition) is 1. The van der Waals surface area contributed by atoms with E-state index in [2.05, 4.69) is 92.4 Å². The van der Waals surface area contributed by atoms with Crippen molar-refractivity contribution in [1.82, 2.24) is 29.5 Å². The number of nitrogens with zero attached hydrogens (tertiary/aromatic N) is 6. The zero-order chi connectivity index (χ0) is 28.0. The van der Waals surface area contributed by atoms with Crippen LogP contribution in [0.1, 0.15) is 11.1 Å². The van der Waals surface area contributed by atoms with Crippen molar-refractivity contribution in [2.24, 2.45) is 0 Å². The minimum Gasteiger partial charge on any atom is -0.383 e. The first kappa shape index (κ1) is 40.5. The van der Waals surface area contributed by atoms with Crippen LogP contribution in [0.4, 0.5) is 5.69 Å². The largest absolute Gasteiger partial charge is 0.383 e. The summed E-state index contributed by atoms with van der Waals surface area (Å²) in [5.41, 5.74) is 7.37. The van der Waals surface area contributed by atoms with Gasteiger partial charge in [0.05, 0.1) is 24.4 Å². The number of benzene rings is 2. The summed E-state index contributed by atoms with van der Waals surface area (Å²) in [7, 11) is 4.46. The molecule has 3 fully saturated rings. The van der Waals surface area contributed by atoms with Crippen molar-refractivity contribution in [3.63, 3.8) is 0 Å². The average Bonchev–Trinajstić information content (AvgIpc) is 3.00. The van der Waals surface area contributed by atoms with Gasteiger partial charge in [0, 0.05) is 108 Å². The van der Waals surface area contributed by atoms with E-state index in [1.807, 2.05) is 0 Å². The van der Waals surface area contributed by atoms with E-state index in [1.165, 1.54) is 27.8 Å². The minimum atomic E-state index is 0. The van der Waals surface area contributed by atoms with Crippen LogP contribution in [0.15, 0.2) is 48.5 Å². The second-order valence-corrected chi connectivity index (χ2v) is 12.1. The van der Waals surface area contributed by atoms with Crippen molar-refractivity contribution in [2.75, 3.05) is 111 Å². The van der Waals surface area contributed by atoms with Gasteiger partial charge >= 0.3 is 0 Å². The highest BCUT2D eigenvalue weighted by Gasteiger charge is 2.20. The molecule has 8 nitrogen and oxygen atoms in total. The second kappa shape index (κ2) is 20.0. The third-order valence-electron chi connectivity index (χ3n) is 9.05. The van der Waals surface area contributed by atoms with Gasteiger partial charge < -0.3 is 19.9 Å². The van der Waals surface area contributed by atoms with Gasteiger partial charge in [0.1, 0.15) is 0 Å². The Balaban J connectivity index is 0.00000176. The van der Waals surface area contributed by atoms with Crippen molar-refractivity contribution in [3.8, 4) is 11.3 Å². The van der Waals surface area contributed by atoms with Gasteiger partial charge in [0.15, 0.2) is 0 Å². The summed E-state index contributed by atoms with van der Waals surface area (Å²) in [4.78, 5) is 17.7. The van der Waals surface area contributed by atoms with Crippen LogP contribution >= 0.6 is 67.9 Å². The highest BCUT2D eigenvalue weighted by Crippen LogP contribution is 2.30. The molecule has 0 unspecified atom stereocenters. The predicted octanol–water partition coefficient (Wildman–Crippen LogP) is 5.45. The fourth-order valence-electron chi connectivity index (χ4n) is 6.22. The Morgan fingerprint density at radius 3 is 1.91 bits per heavy atom. The van der Waals surface area contributed by atoms with E-state index < -0.39 is 0 Å². The van der Waals surface area contributed by atoms with Crippen molar-refractivity contribution in [1.29, 1.82) is 0 Å². The molecule has 3 aliphatic heterocycles. The van der Waals surface area contributed by atoms with Crippen molar-refractivity contribution in [3.05, 3.63) is 59.7 Å². The molecule has 0 atom stereocenters. The molecule has 0 aliphatic carbocycles. The molecule has 4 heterocycles. The Hall–Kier alpha value is -0.670. The molecular formula is C33H51Br4N7O. The molecule has 3 saturated heterocycles. The van der Waals surface area contributed by atoms with Gasteiger partial charge in [-0.05, 0) is 43.4 Å². The van der Waals surface area contributed by atoms with E-state index in [9.17, 15) is 0 Å². The summed E-state index contributed by atoms with van der Waals surface area (Å²) >= 11 is 0. The zero-order valence-electron chi connectivity index (χ0n) is 26.7. The number of aromatic nitrogens is 1. The highest BCUT2D eigenvalue weighted by molar-refractivity contribution is 8.93. The number of para-hydroxylation sites is 1. The first-order chi connectivity index (χ1) is 20.1. The molecule has 0 spiro atoms. The summed E-state index contributed by atoms with van der Waals surface area (Å²) in [5.74, 6) is 0. The Kier molecular flexibility index (Phi) is 18.0. The van der Waals surface area contributed by atoms with Crippen LogP contribution in [0.3, 0.4) is 0 Å². The molecule has 0 amide bonds. The van der Waals surface area contributed by atoms with Gasteiger partial charge in [0.2, 0.25) is 0 Å². The molecule has 3 aliphatic rings. The fourth-order valence-corrected chi connectivity index (χ4v) is 6.22. The number of fused-ring (bicyclic) bond motifs is 1. The zero-order valence-corrected chi connectivity index (χ0v) is 33.5. The number of nitrogens with one attached hydrogen (secondary N) is 1. The smallest absolute Gasteiger partial charge is 0.0730 e. The maximum Gasteiger partial charge on any atom is 0.0730 e. The van der Waals surface area contributed by atoms with Crippen LogP contribution < -0.4 is 5.32 Å². The first-order valence-electron chi connectivity index (χ1n) is 15.5. The number of ether oxygens (including phenoxy) is 1. The average molecular weight is 881 g/mol. The van der Waals surface area contributed by atoms with Gasteiger partial charge in [-0.3, -0.25) is 14.7 Å².